The van der Waals surface area contributed by atoms with Gasteiger partial charge in [-0.25, -0.2) is 0 Å². The largest absolute Gasteiger partial charge is 0.258 e. The van der Waals surface area contributed by atoms with Crippen LogP contribution in [0.5, 0.6) is 0 Å². The molecule has 1 nitrogen and oxygen atoms in total. The Kier molecular flexibility index (Phi) is 4.68. The lowest BCUT2D eigenvalue weighted by Crippen LogP contribution is -1.99. The molecule has 0 aliphatic heterocycles. The summed E-state index contributed by atoms with van der Waals surface area (Å²) in [5.74, 6) is 0.485. The van der Waals surface area contributed by atoms with Crippen molar-refractivity contribution in [3.8, 4) is 0 Å². The maximum Gasteiger partial charge on any atom is 0.0418 e. The summed E-state index contributed by atoms with van der Waals surface area (Å²) < 4.78 is 0. The molecule has 0 bridgehead atoms. The van der Waals surface area contributed by atoms with Crippen LogP contribution in [-0.2, 0) is 0 Å². The normalized spacial score (nSPS) is 11.8. The van der Waals surface area contributed by atoms with E-state index in [1.54, 1.807) is 0 Å². The predicted octanol–water partition coefficient (Wildman–Crippen LogP) is 3.97. The van der Waals surface area contributed by atoms with Gasteiger partial charge in [-0.1, -0.05) is 26.0 Å². The summed E-state index contributed by atoms with van der Waals surface area (Å²) in [7, 11) is 0. The second-order valence-corrected chi connectivity index (χ2v) is 4.02. The Labute approximate surface area is 82.3 Å². The van der Waals surface area contributed by atoms with Gasteiger partial charge >= 0.3 is 0 Å². The molecule has 0 N–H and O–H groups in total. The third kappa shape index (κ3) is 4.07. The summed E-state index contributed by atoms with van der Waals surface area (Å²) in [5, 5.41) is 0. The Hall–Kier alpha value is -0.850. The molecule has 0 fully saturated rings. The van der Waals surface area contributed by atoms with Gasteiger partial charge in [-0.3, -0.25) is 4.99 Å². The van der Waals surface area contributed by atoms with E-state index in [1.807, 2.05) is 13.8 Å². The topological polar surface area (TPSA) is 12.4 Å². The number of rotatable bonds is 3. The van der Waals surface area contributed by atoms with Gasteiger partial charge in [0.1, 0.15) is 0 Å². The molecule has 0 aromatic rings. The molecule has 0 aromatic carbocycles. The first kappa shape index (κ1) is 12.2. The van der Waals surface area contributed by atoms with Gasteiger partial charge < -0.3 is 0 Å². The highest BCUT2D eigenvalue weighted by molar-refractivity contribution is 5.97. The predicted molar refractivity (Wildman–Crippen MR) is 61.1 cm³/mol. The molecule has 0 aliphatic rings. The van der Waals surface area contributed by atoms with Crippen molar-refractivity contribution in [3.63, 3.8) is 0 Å². The average molecular weight is 179 g/mol. The average Bonchev–Trinajstić information content (AvgIpc) is 1.97. The lowest BCUT2D eigenvalue weighted by atomic mass is 10.1. The molecule has 0 spiro atoms. The minimum Gasteiger partial charge on any atom is -0.258 e. The van der Waals surface area contributed by atoms with Crippen LogP contribution in [0.3, 0.4) is 0 Å². The van der Waals surface area contributed by atoms with Crippen molar-refractivity contribution in [1.29, 1.82) is 0 Å². The first-order valence-electron chi connectivity index (χ1n) is 4.74. The second kappa shape index (κ2) is 5.00. The SMILES string of the molecule is C=C(C)/C(C)=N\C(=C(C)C)C(C)C. The fourth-order valence-corrected chi connectivity index (χ4v) is 1.09. The Morgan fingerprint density at radius 1 is 1.08 bits per heavy atom. The molecule has 1 heteroatoms. The second-order valence-electron chi connectivity index (χ2n) is 4.02. The van der Waals surface area contributed by atoms with Gasteiger partial charge in [-0.15, -0.1) is 0 Å². The fraction of sp³-hybridized carbons (Fsp3) is 0.583. The molecular formula is C12H21N. The van der Waals surface area contributed by atoms with Crippen LogP contribution in [0.4, 0.5) is 0 Å². The van der Waals surface area contributed by atoms with Gasteiger partial charge in [-0.2, -0.15) is 0 Å². The summed E-state index contributed by atoms with van der Waals surface area (Å²) >= 11 is 0. The van der Waals surface area contributed by atoms with Crippen LogP contribution >= 0.6 is 0 Å². The van der Waals surface area contributed by atoms with Crippen molar-refractivity contribution in [2.24, 2.45) is 10.9 Å². The zero-order valence-corrected chi connectivity index (χ0v) is 9.73. The van der Waals surface area contributed by atoms with Crippen LogP contribution in [0.1, 0.15) is 41.5 Å². The van der Waals surface area contributed by atoms with Crippen molar-refractivity contribution >= 4 is 5.71 Å². The van der Waals surface area contributed by atoms with Gasteiger partial charge in [0, 0.05) is 11.4 Å². The quantitative estimate of drug-likeness (QED) is 0.581. The van der Waals surface area contributed by atoms with Crippen LogP contribution in [0, 0.1) is 5.92 Å². The minimum absolute atomic E-state index is 0.485. The Bertz CT molecular complexity index is 250. The van der Waals surface area contributed by atoms with Gasteiger partial charge in [0.05, 0.1) is 0 Å². The molecule has 0 aliphatic carbocycles. The third-order valence-corrected chi connectivity index (χ3v) is 1.96. The Balaban J connectivity index is 4.94. The molecule has 74 valence electrons. The van der Waals surface area contributed by atoms with Crippen molar-refractivity contribution in [2.45, 2.75) is 41.5 Å². The molecule has 0 radical (unpaired) electrons. The molecule has 0 amide bonds. The molecule has 0 rings (SSSR count). The summed E-state index contributed by atoms with van der Waals surface area (Å²) in [5.41, 5.74) is 4.54. The summed E-state index contributed by atoms with van der Waals surface area (Å²) in [6, 6.07) is 0. The van der Waals surface area contributed by atoms with E-state index in [-0.39, 0.29) is 0 Å². The number of aliphatic imine (C=N–C) groups is 1. The first-order chi connectivity index (χ1) is 5.86. The number of allylic oxidation sites excluding steroid dienone is 3. The molecule has 13 heavy (non-hydrogen) atoms. The van der Waals surface area contributed by atoms with E-state index in [0.29, 0.717) is 5.92 Å². The Morgan fingerprint density at radius 2 is 1.54 bits per heavy atom. The minimum atomic E-state index is 0.485. The lowest BCUT2D eigenvalue weighted by molar-refractivity contribution is 0.745. The van der Waals surface area contributed by atoms with Crippen LogP contribution in [-0.4, -0.2) is 5.71 Å². The standard InChI is InChI=1S/C12H21N/c1-8(2)11(7)13-12(9(3)4)10(5)6/h9H,1H2,2-7H3/b13-11-. The maximum absolute atomic E-state index is 4.57. The van der Waals surface area contributed by atoms with Crippen molar-refractivity contribution in [3.05, 3.63) is 23.4 Å². The number of hydrogen-bond donors (Lipinski definition) is 0. The molecule has 0 unspecified atom stereocenters. The van der Waals surface area contributed by atoms with Crippen molar-refractivity contribution < 1.29 is 0 Å². The molecule has 0 saturated carbocycles. The zero-order chi connectivity index (χ0) is 10.6. The first-order valence-corrected chi connectivity index (χ1v) is 4.74. The van der Waals surface area contributed by atoms with Gasteiger partial charge in [0.25, 0.3) is 0 Å². The van der Waals surface area contributed by atoms with E-state index in [2.05, 4.69) is 39.3 Å². The maximum atomic E-state index is 4.57. The van der Waals surface area contributed by atoms with Crippen molar-refractivity contribution in [1.82, 2.24) is 0 Å². The third-order valence-electron chi connectivity index (χ3n) is 1.96. The summed E-state index contributed by atoms with van der Waals surface area (Å²) in [6.07, 6.45) is 0. The molecule has 0 atom stereocenters. The highest BCUT2D eigenvalue weighted by Crippen LogP contribution is 2.16. The van der Waals surface area contributed by atoms with Gasteiger partial charge in [-0.05, 0) is 39.2 Å². The Morgan fingerprint density at radius 3 is 1.77 bits per heavy atom. The van der Waals surface area contributed by atoms with E-state index >= 15 is 0 Å². The van der Waals surface area contributed by atoms with E-state index in [1.165, 1.54) is 11.3 Å². The molecule has 0 aromatic heterocycles. The van der Waals surface area contributed by atoms with Crippen molar-refractivity contribution in [2.75, 3.05) is 0 Å². The fourth-order valence-electron chi connectivity index (χ4n) is 1.09. The van der Waals surface area contributed by atoms with E-state index in [4.69, 9.17) is 0 Å². The van der Waals surface area contributed by atoms with E-state index < -0.39 is 0 Å². The molecular weight excluding hydrogens is 158 g/mol. The number of nitrogens with zero attached hydrogens (tertiary/aromatic N) is 1. The summed E-state index contributed by atoms with van der Waals surface area (Å²) in [4.78, 5) is 4.57. The number of hydrogen-bond acceptors (Lipinski definition) is 1. The highest BCUT2D eigenvalue weighted by Gasteiger charge is 2.04. The summed E-state index contributed by atoms with van der Waals surface area (Å²) in [6.45, 7) is 16.4. The van der Waals surface area contributed by atoms with Crippen LogP contribution in [0.15, 0.2) is 28.4 Å². The van der Waals surface area contributed by atoms with Crippen LogP contribution < -0.4 is 0 Å². The molecule has 0 heterocycles. The van der Waals surface area contributed by atoms with E-state index in [9.17, 15) is 0 Å². The van der Waals surface area contributed by atoms with Gasteiger partial charge in [0.15, 0.2) is 0 Å². The zero-order valence-electron chi connectivity index (χ0n) is 9.73. The van der Waals surface area contributed by atoms with Gasteiger partial charge in [0.2, 0.25) is 0 Å². The lowest BCUT2D eigenvalue weighted by Gasteiger charge is -2.10. The monoisotopic (exact) mass is 179 g/mol. The van der Waals surface area contributed by atoms with E-state index in [0.717, 1.165) is 11.3 Å². The highest BCUT2D eigenvalue weighted by atomic mass is 14.8. The van der Waals surface area contributed by atoms with Crippen LogP contribution in [0.2, 0.25) is 0 Å². The van der Waals surface area contributed by atoms with Crippen LogP contribution in [0.25, 0.3) is 0 Å². The molecule has 0 saturated heterocycles. The smallest absolute Gasteiger partial charge is 0.0418 e.